The number of carbonyl (C=O) groups excluding carboxylic acids is 1. The molecule has 118 valence electrons. The number of rotatable bonds is 5. The van der Waals surface area contributed by atoms with Crippen LogP contribution in [-0.4, -0.2) is 24.6 Å². The zero-order valence-corrected chi connectivity index (χ0v) is 13.9. The quantitative estimate of drug-likeness (QED) is 0.762. The predicted molar refractivity (Wildman–Crippen MR) is 94.9 cm³/mol. The van der Waals surface area contributed by atoms with E-state index in [1.807, 2.05) is 24.3 Å². The lowest BCUT2D eigenvalue weighted by Crippen LogP contribution is -2.13. The van der Waals surface area contributed by atoms with Gasteiger partial charge in [-0.3, -0.25) is 4.79 Å². The Morgan fingerprint density at radius 3 is 2.74 bits per heavy atom. The molecule has 0 spiro atoms. The normalized spacial score (nSPS) is 10.9. The highest BCUT2D eigenvalue weighted by molar-refractivity contribution is 7.21. The van der Waals surface area contributed by atoms with Gasteiger partial charge in [0.05, 0.1) is 23.2 Å². The monoisotopic (exact) mass is 326 g/mol. The highest BCUT2D eigenvalue weighted by Gasteiger charge is 2.07. The van der Waals surface area contributed by atoms with E-state index in [9.17, 15) is 4.79 Å². The Balaban J connectivity index is 1.76. The highest BCUT2D eigenvalue weighted by Crippen LogP contribution is 2.31. The number of hydrogen-bond donors (Lipinski definition) is 1. The molecule has 0 unspecified atom stereocenters. The Morgan fingerprint density at radius 1 is 1.22 bits per heavy atom. The lowest BCUT2D eigenvalue weighted by Gasteiger charge is -2.05. The number of aromatic nitrogens is 1. The molecule has 0 fully saturated rings. The smallest absolute Gasteiger partial charge is 0.226 e. The molecule has 5 heteroatoms. The summed E-state index contributed by atoms with van der Waals surface area (Å²) in [4.78, 5) is 16.3. The van der Waals surface area contributed by atoms with Gasteiger partial charge in [0.15, 0.2) is 0 Å². The summed E-state index contributed by atoms with van der Waals surface area (Å²) in [6, 6.07) is 14.0. The molecule has 1 N–H and O–H groups in total. The number of carbonyl (C=O) groups is 1. The van der Waals surface area contributed by atoms with Crippen molar-refractivity contribution in [2.24, 2.45) is 0 Å². The second-order valence-electron chi connectivity index (χ2n) is 5.36. The topological polar surface area (TPSA) is 51.2 Å². The van der Waals surface area contributed by atoms with Gasteiger partial charge in [-0.15, -0.1) is 11.3 Å². The van der Waals surface area contributed by atoms with Crippen LogP contribution in [0.2, 0.25) is 0 Å². The maximum Gasteiger partial charge on any atom is 0.226 e. The summed E-state index contributed by atoms with van der Waals surface area (Å²) in [5.41, 5.74) is 4.10. The van der Waals surface area contributed by atoms with E-state index in [0.29, 0.717) is 13.0 Å². The SMILES string of the molecule is COCCC(=O)Nc1ccc(-c2nc3ccc(C)cc3s2)cc1. The maximum atomic E-state index is 11.7. The number of ether oxygens (including phenoxy) is 1. The van der Waals surface area contributed by atoms with Gasteiger partial charge < -0.3 is 10.1 Å². The molecule has 0 saturated heterocycles. The van der Waals surface area contributed by atoms with Crippen molar-refractivity contribution in [3.63, 3.8) is 0 Å². The molecule has 0 aliphatic carbocycles. The summed E-state index contributed by atoms with van der Waals surface area (Å²) >= 11 is 1.68. The van der Waals surface area contributed by atoms with E-state index in [1.54, 1.807) is 18.4 Å². The van der Waals surface area contributed by atoms with Gasteiger partial charge in [0.25, 0.3) is 0 Å². The molecule has 0 aliphatic heterocycles. The van der Waals surface area contributed by atoms with Crippen LogP contribution in [0.25, 0.3) is 20.8 Å². The average Bonchev–Trinajstić information content (AvgIpc) is 2.96. The van der Waals surface area contributed by atoms with Gasteiger partial charge in [0.2, 0.25) is 5.91 Å². The largest absolute Gasteiger partial charge is 0.384 e. The van der Waals surface area contributed by atoms with Crippen molar-refractivity contribution in [3.05, 3.63) is 48.0 Å². The molecule has 1 heterocycles. The van der Waals surface area contributed by atoms with Gasteiger partial charge in [-0.2, -0.15) is 0 Å². The lowest BCUT2D eigenvalue weighted by molar-refractivity contribution is -0.117. The van der Waals surface area contributed by atoms with Crippen LogP contribution < -0.4 is 5.32 Å². The summed E-state index contributed by atoms with van der Waals surface area (Å²) < 4.78 is 6.09. The molecule has 3 rings (SSSR count). The van der Waals surface area contributed by atoms with Gasteiger partial charge in [-0.1, -0.05) is 6.07 Å². The Hall–Kier alpha value is -2.24. The predicted octanol–water partition coefficient (Wildman–Crippen LogP) is 4.25. The van der Waals surface area contributed by atoms with Crippen LogP contribution in [-0.2, 0) is 9.53 Å². The first-order valence-corrected chi connectivity index (χ1v) is 8.24. The number of amides is 1. The van der Waals surface area contributed by atoms with Gasteiger partial charge in [-0.25, -0.2) is 4.98 Å². The van der Waals surface area contributed by atoms with Crippen molar-refractivity contribution in [3.8, 4) is 10.6 Å². The number of benzene rings is 2. The minimum atomic E-state index is -0.0462. The molecule has 0 aliphatic rings. The fourth-order valence-electron chi connectivity index (χ4n) is 2.27. The molecule has 0 bridgehead atoms. The molecule has 1 aromatic heterocycles. The van der Waals surface area contributed by atoms with E-state index >= 15 is 0 Å². The first kappa shape index (κ1) is 15.6. The molecular weight excluding hydrogens is 308 g/mol. The van der Waals surface area contributed by atoms with Crippen molar-refractivity contribution < 1.29 is 9.53 Å². The highest BCUT2D eigenvalue weighted by atomic mass is 32.1. The van der Waals surface area contributed by atoms with Crippen LogP contribution in [0.3, 0.4) is 0 Å². The fourth-order valence-corrected chi connectivity index (χ4v) is 3.34. The van der Waals surface area contributed by atoms with Crippen molar-refractivity contribution in [1.29, 1.82) is 0 Å². The van der Waals surface area contributed by atoms with E-state index in [1.165, 1.54) is 10.3 Å². The Labute approximate surface area is 139 Å². The van der Waals surface area contributed by atoms with Crippen LogP contribution in [0.1, 0.15) is 12.0 Å². The van der Waals surface area contributed by atoms with Crippen molar-refractivity contribution in [1.82, 2.24) is 4.98 Å². The van der Waals surface area contributed by atoms with Gasteiger partial charge in [0, 0.05) is 18.4 Å². The Morgan fingerprint density at radius 2 is 2.00 bits per heavy atom. The zero-order chi connectivity index (χ0) is 16.2. The minimum absolute atomic E-state index is 0.0462. The summed E-state index contributed by atoms with van der Waals surface area (Å²) in [5, 5.41) is 3.84. The molecule has 0 radical (unpaired) electrons. The number of hydrogen-bond acceptors (Lipinski definition) is 4. The number of aryl methyl sites for hydroxylation is 1. The van der Waals surface area contributed by atoms with E-state index < -0.39 is 0 Å². The summed E-state index contributed by atoms with van der Waals surface area (Å²) in [7, 11) is 1.58. The molecule has 4 nitrogen and oxygen atoms in total. The summed E-state index contributed by atoms with van der Waals surface area (Å²) in [6.45, 7) is 2.51. The third-order valence-electron chi connectivity index (χ3n) is 3.49. The maximum absolute atomic E-state index is 11.7. The Kier molecular flexibility index (Phi) is 4.69. The first-order valence-electron chi connectivity index (χ1n) is 7.42. The number of nitrogens with zero attached hydrogens (tertiary/aromatic N) is 1. The minimum Gasteiger partial charge on any atom is -0.384 e. The number of nitrogens with one attached hydrogen (secondary N) is 1. The van der Waals surface area contributed by atoms with Gasteiger partial charge in [0.1, 0.15) is 5.01 Å². The lowest BCUT2D eigenvalue weighted by atomic mass is 10.2. The molecule has 23 heavy (non-hydrogen) atoms. The first-order chi connectivity index (χ1) is 11.2. The van der Waals surface area contributed by atoms with Crippen LogP contribution in [0.15, 0.2) is 42.5 Å². The standard InChI is InChI=1S/C18H18N2O2S/c1-12-3-8-15-16(11-12)23-18(20-15)13-4-6-14(7-5-13)19-17(21)9-10-22-2/h3-8,11H,9-10H2,1-2H3,(H,19,21). The third kappa shape index (κ3) is 3.75. The van der Waals surface area contributed by atoms with Crippen LogP contribution >= 0.6 is 11.3 Å². The van der Waals surface area contributed by atoms with Crippen LogP contribution in [0.4, 0.5) is 5.69 Å². The fraction of sp³-hybridized carbons (Fsp3) is 0.222. The molecule has 2 aromatic carbocycles. The molecule has 0 saturated carbocycles. The average molecular weight is 326 g/mol. The second kappa shape index (κ2) is 6.89. The molecular formula is C18H18N2O2S. The molecule has 1 amide bonds. The van der Waals surface area contributed by atoms with Crippen LogP contribution in [0.5, 0.6) is 0 Å². The second-order valence-corrected chi connectivity index (χ2v) is 6.39. The molecule has 3 aromatic rings. The number of anilines is 1. The van der Waals surface area contributed by atoms with Crippen molar-refractivity contribution in [2.75, 3.05) is 19.0 Å². The van der Waals surface area contributed by atoms with E-state index in [-0.39, 0.29) is 5.91 Å². The number of fused-ring (bicyclic) bond motifs is 1. The van der Waals surface area contributed by atoms with E-state index in [4.69, 9.17) is 4.74 Å². The number of thiazole rings is 1. The van der Waals surface area contributed by atoms with E-state index in [0.717, 1.165) is 21.8 Å². The van der Waals surface area contributed by atoms with Crippen LogP contribution in [0, 0.1) is 6.92 Å². The summed E-state index contributed by atoms with van der Waals surface area (Å²) in [5.74, 6) is -0.0462. The van der Waals surface area contributed by atoms with Gasteiger partial charge in [-0.05, 0) is 48.9 Å². The third-order valence-corrected chi connectivity index (χ3v) is 4.56. The van der Waals surface area contributed by atoms with Crippen molar-refractivity contribution in [2.45, 2.75) is 13.3 Å². The van der Waals surface area contributed by atoms with Crippen molar-refractivity contribution >= 4 is 33.1 Å². The Bertz CT molecular complexity index is 825. The molecule has 0 atom stereocenters. The zero-order valence-electron chi connectivity index (χ0n) is 13.1. The number of methoxy groups -OCH3 is 1. The van der Waals surface area contributed by atoms with E-state index in [2.05, 4.69) is 35.4 Å². The summed E-state index contributed by atoms with van der Waals surface area (Å²) in [6.07, 6.45) is 0.357. The van der Waals surface area contributed by atoms with Gasteiger partial charge >= 0.3 is 0 Å².